The van der Waals surface area contributed by atoms with Crippen LogP contribution >= 0.6 is 0 Å². The number of nitriles is 1. The fourth-order valence-corrected chi connectivity index (χ4v) is 5.94. The van der Waals surface area contributed by atoms with Gasteiger partial charge in [0.2, 0.25) is 15.9 Å². The normalized spacial score (nSPS) is 15.0. The first-order chi connectivity index (χ1) is 17.2. The van der Waals surface area contributed by atoms with Crippen LogP contribution in [0.3, 0.4) is 0 Å². The zero-order valence-electron chi connectivity index (χ0n) is 19.8. The summed E-state index contributed by atoms with van der Waals surface area (Å²) in [6, 6.07) is 10.9. The first-order valence-corrected chi connectivity index (χ1v) is 13.0. The van der Waals surface area contributed by atoms with E-state index in [2.05, 4.69) is 15.8 Å². The molecule has 3 heterocycles. The Kier molecular flexibility index (Phi) is 7.28. The number of carboxylic acids is 1. The van der Waals surface area contributed by atoms with E-state index in [-0.39, 0.29) is 29.3 Å². The van der Waals surface area contributed by atoms with E-state index in [9.17, 15) is 28.4 Å². The molecule has 1 atom stereocenters. The molecule has 0 radical (unpaired) electrons. The number of hydrogen-bond donors (Lipinski definition) is 3. The minimum Gasteiger partial charge on any atom is -0.478 e. The molecule has 1 aromatic carbocycles. The Bertz CT molecular complexity index is 1470. The molecule has 0 spiro atoms. The number of nitrogens with zero attached hydrogens (tertiary/aromatic N) is 3. The molecular weight excluding hydrogens is 482 g/mol. The zero-order chi connectivity index (χ0) is 25.9. The molecule has 3 aromatic rings. The number of sulfonamides is 1. The number of likely N-dealkylation sites (tertiary alicyclic amines) is 1. The highest BCUT2D eigenvalue weighted by Crippen LogP contribution is 2.24. The number of aryl methyl sites for hydroxylation is 1. The molecular formula is C25H27N5O5S. The fourth-order valence-electron chi connectivity index (χ4n) is 4.50. The number of aromatic nitrogens is 2. The van der Waals surface area contributed by atoms with Crippen molar-refractivity contribution >= 4 is 32.8 Å². The van der Waals surface area contributed by atoms with Gasteiger partial charge in [-0.15, -0.1) is 0 Å². The summed E-state index contributed by atoms with van der Waals surface area (Å²) in [5.74, 6) is -1.35. The molecule has 10 nitrogen and oxygen atoms in total. The number of H-pyrrole nitrogens is 1. The molecule has 0 saturated carbocycles. The summed E-state index contributed by atoms with van der Waals surface area (Å²) in [7, 11) is -4.06. The third-order valence-corrected chi connectivity index (χ3v) is 8.10. The third kappa shape index (κ3) is 5.19. The maximum atomic E-state index is 13.5. The van der Waals surface area contributed by atoms with Crippen LogP contribution in [0.2, 0.25) is 0 Å². The molecule has 11 heteroatoms. The van der Waals surface area contributed by atoms with Crippen molar-refractivity contribution < 1.29 is 23.1 Å². The van der Waals surface area contributed by atoms with Crippen LogP contribution in [-0.2, 0) is 26.2 Å². The van der Waals surface area contributed by atoms with Crippen LogP contribution in [-0.4, -0.2) is 59.0 Å². The molecule has 1 aliphatic rings. The van der Waals surface area contributed by atoms with Crippen molar-refractivity contribution in [2.75, 3.05) is 13.1 Å². The second-order valence-electron chi connectivity index (χ2n) is 8.72. The van der Waals surface area contributed by atoms with Crippen molar-refractivity contribution in [2.24, 2.45) is 0 Å². The number of carbonyl (C=O) groups excluding carboxylic acids is 1. The van der Waals surface area contributed by atoms with Crippen LogP contribution in [0.5, 0.6) is 0 Å². The molecule has 0 aliphatic carbocycles. The maximum absolute atomic E-state index is 13.5. The summed E-state index contributed by atoms with van der Waals surface area (Å²) in [5, 5.41) is 19.1. The summed E-state index contributed by atoms with van der Waals surface area (Å²) in [4.78, 5) is 29.5. The van der Waals surface area contributed by atoms with E-state index in [0.717, 1.165) is 5.57 Å². The number of amides is 1. The van der Waals surface area contributed by atoms with Crippen LogP contribution in [0.15, 0.2) is 64.8 Å². The lowest BCUT2D eigenvalue weighted by atomic mass is 9.98. The van der Waals surface area contributed by atoms with Gasteiger partial charge in [-0.25, -0.2) is 13.2 Å². The van der Waals surface area contributed by atoms with E-state index in [1.807, 2.05) is 0 Å². The number of carbonyl (C=O) groups is 2. The fraction of sp³-hybridized carbons (Fsp3) is 0.320. The predicted molar refractivity (Wildman–Crippen MR) is 132 cm³/mol. The van der Waals surface area contributed by atoms with Gasteiger partial charge in [-0.2, -0.15) is 9.98 Å². The Morgan fingerprint density at radius 2 is 1.94 bits per heavy atom. The van der Waals surface area contributed by atoms with Crippen molar-refractivity contribution in [3.63, 3.8) is 0 Å². The Morgan fingerprint density at radius 3 is 2.64 bits per heavy atom. The summed E-state index contributed by atoms with van der Waals surface area (Å²) in [6.07, 6.45) is 4.34. The summed E-state index contributed by atoms with van der Waals surface area (Å²) >= 11 is 0. The summed E-state index contributed by atoms with van der Waals surface area (Å²) in [5.41, 5.74) is 2.15. The lowest BCUT2D eigenvalue weighted by Crippen LogP contribution is -2.50. The Labute approximate surface area is 208 Å². The van der Waals surface area contributed by atoms with Crippen LogP contribution in [0, 0.1) is 11.3 Å². The lowest BCUT2D eigenvalue weighted by molar-refractivity contribution is -0.133. The minimum absolute atomic E-state index is 0.0682. The highest BCUT2D eigenvalue weighted by Gasteiger charge is 2.32. The quantitative estimate of drug-likeness (QED) is 0.398. The van der Waals surface area contributed by atoms with Gasteiger partial charge in [-0.3, -0.25) is 4.79 Å². The van der Waals surface area contributed by atoms with Gasteiger partial charge in [0.1, 0.15) is 17.8 Å². The van der Waals surface area contributed by atoms with E-state index < -0.39 is 22.0 Å². The van der Waals surface area contributed by atoms with Crippen molar-refractivity contribution in [1.29, 1.82) is 5.26 Å². The van der Waals surface area contributed by atoms with E-state index in [4.69, 9.17) is 0 Å². The van der Waals surface area contributed by atoms with E-state index in [1.165, 1.54) is 6.07 Å². The molecule has 1 amide bonds. The molecule has 0 bridgehead atoms. The van der Waals surface area contributed by atoms with Crippen LogP contribution in [0.1, 0.15) is 31.9 Å². The van der Waals surface area contributed by atoms with Gasteiger partial charge in [0.05, 0.1) is 4.90 Å². The molecule has 1 unspecified atom stereocenters. The van der Waals surface area contributed by atoms with Crippen molar-refractivity contribution in [1.82, 2.24) is 19.2 Å². The number of piperidine rings is 1. The van der Waals surface area contributed by atoms with E-state index >= 15 is 0 Å². The number of carboxylic acid groups (broad SMARTS) is 1. The number of rotatable bonds is 8. The molecule has 1 fully saturated rings. The van der Waals surface area contributed by atoms with Gasteiger partial charge in [-0.05, 0) is 56.5 Å². The van der Waals surface area contributed by atoms with Crippen LogP contribution in [0.4, 0.5) is 0 Å². The van der Waals surface area contributed by atoms with Gasteiger partial charge in [-0.1, -0.05) is 11.6 Å². The van der Waals surface area contributed by atoms with Crippen molar-refractivity contribution in [2.45, 2.75) is 43.7 Å². The van der Waals surface area contributed by atoms with Crippen molar-refractivity contribution in [3.8, 4) is 6.07 Å². The average molecular weight is 510 g/mol. The number of hydrogen-bond acceptors (Lipinski definition) is 5. The molecule has 1 aliphatic heterocycles. The highest BCUT2D eigenvalue weighted by molar-refractivity contribution is 7.89. The number of aliphatic carboxylic acids is 1. The molecule has 4 rings (SSSR count). The van der Waals surface area contributed by atoms with Crippen molar-refractivity contribution in [3.05, 3.63) is 65.6 Å². The molecule has 1 saturated heterocycles. The molecule has 2 aromatic heterocycles. The molecule has 3 N–H and O–H groups in total. The third-order valence-electron chi connectivity index (χ3n) is 6.57. The van der Waals surface area contributed by atoms with Gasteiger partial charge in [0.15, 0.2) is 0 Å². The predicted octanol–water partition coefficient (Wildman–Crippen LogP) is 2.60. The first kappa shape index (κ1) is 25.2. The van der Waals surface area contributed by atoms with E-state index in [1.54, 1.807) is 59.1 Å². The highest BCUT2D eigenvalue weighted by atomic mass is 32.2. The first-order valence-electron chi connectivity index (χ1n) is 11.6. The summed E-state index contributed by atoms with van der Waals surface area (Å²) < 4.78 is 31.1. The number of fused-ring (bicyclic) bond motifs is 1. The smallest absolute Gasteiger partial charge is 0.331 e. The topological polar surface area (TPSA) is 148 Å². The number of aromatic amines is 1. The Balaban J connectivity index is 1.58. The van der Waals surface area contributed by atoms with Gasteiger partial charge in [0.25, 0.3) is 0 Å². The largest absolute Gasteiger partial charge is 0.478 e. The van der Waals surface area contributed by atoms with E-state index in [0.29, 0.717) is 42.5 Å². The Hall–Kier alpha value is -3.88. The standard InChI is InChI=1S/C25H27N5O5S/c1-17(25(32)33)18-8-13-30(14-9-18)24(31)22(10-15-29-12-3-4-19(29)16-26)28-36(34,35)23-6-2-5-21-20(23)7-11-27-21/h2-7,11-12,22,27-28H,8-10,13-15H2,1H3,(H,32,33). The maximum Gasteiger partial charge on any atom is 0.331 e. The SMILES string of the molecule is CC(C(=O)O)=C1CCN(C(=O)C(CCn2cccc2C#N)NS(=O)(=O)c2cccc3[nH]ccc23)CC1. The second kappa shape index (κ2) is 10.4. The van der Waals surface area contributed by atoms with Gasteiger partial charge < -0.3 is 19.6 Å². The molecule has 36 heavy (non-hydrogen) atoms. The van der Waals surface area contributed by atoms with Crippen LogP contribution in [0.25, 0.3) is 10.9 Å². The summed E-state index contributed by atoms with van der Waals surface area (Å²) in [6.45, 7) is 2.42. The van der Waals surface area contributed by atoms with Crippen LogP contribution < -0.4 is 4.72 Å². The average Bonchev–Trinajstić information content (AvgIpc) is 3.54. The second-order valence-corrected chi connectivity index (χ2v) is 10.4. The zero-order valence-corrected chi connectivity index (χ0v) is 20.6. The number of benzene rings is 1. The molecule has 188 valence electrons. The lowest BCUT2D eigenvalue weighted by Gasteiger charge is -2.32. The van der Waals surface area contributed by atoms with Gasteiger partial charge >= 0.3 is 5.97 Å². The monoisotopic (exact) mass is 509 g/mol. The minimum atomic E-state index is -4.06. The van der Waals surface area contributed by atoms with Gasteiger partial charge in [0, 0.05) is 48.5 Å². The number of nitrogens with one attached hydrogen (secondary N) is 2. The Morgan fingerprint density at radius 1 is 1.19 bits per heavy atom.